The van der Waals surface area contributed by atoms with E-state index in [1.54, 1.807) is 18.3 Å². The summed E-state index contributed by atoms with van der Waals surface area (Å²) in [6.07, 6.45) is 5.06. The summed E-state index contributed by atoms with van der Waals surface area (Å²) in [5.41, 5.74) is 3.38. The van der Waals surface area contributed by atoms with Gasteiger partial charge >= 0.3 is 6.03 Å². The van der Waals surface area contributed by atoms with Gasteiger partial charge in [0.2, 0.25) is 5.91 Å². The first-order valence-corrected chi connectivity index (χ1v) is 9.35. The summed E-state index contributed by atoms with van der Waals surface area (Å²) >= 11 is 1.27. The molecule has 1 aromatic carbocycles. The summed E-state index contributed by atoms with van der Waals surface area (Å²) in [6.45, 7) is 4.33. The molecule has 0 saturated carbocycles. The van der Waals surface area contributed by atoms with Gasteiger partial charge in [-0.2, -0.15) is 0 Å². The number of aryl methyl sites for hydroxylation is 2. The lowest BCUT2D eigenvalue weighted by molar-refractivity contribution is -0.117. The molecule has 0 spiro atoms. The van der Waals surface area contributed by atoms with E-state index in [0.29, 0.717) is 10.9 Å². The first kappa shape index (κ1) is 18.8. The quantitative estimate of drug-likeness (QED) is 0.637. The maximum absolute atomic E-state index is 12.0. The van der Waals surface area contributed by atoms with E-state index in [0.717, 1.165) is 5.69 Å². The number of nitrogens with one attached hydrogen (secondary N) is 2. The zero-order valence-corrected chi connectivity index (χ0v) is 15.9. The Bertz CT molecular complexity index is 934. The molecule has 3 rings (SSSR count). The fraction of sp³-hybridized carbons (Fsp3) is 0.211. The van der Waals surface area contributed by atoms with Crippen molar-refractivity contribution in [1.82, 2.24) is 20.2 Å². The number of aromatic nitrogens is 2. The highest BCUT2D eigenvalue weighted by molar-refractivity contribution is 7.99. The molecular formula is C19H20N4O3S. The van der Waals surface area contributed by atoms with E-state index in [9.17, 15) is 9.59 Å². The Morgan fingerprint density at radius 1 is 1.22 bits per heavy atom. The number of thioether (sulfide) groups is 1. The van der Waals surface area contributed by atoms with Gasteiger partial charge < -0.3 is 9.73 Å². The summed E-state index contributed by atoms with van der Waals surface area (Å²) in [5, 5.41) is 5.54. The largest absolute Gasteiger partial charge is 0.467 e. The monoisotopic (exact) mass is 384 g/mol. The number of hydrogen-bond donors (Lipinski definition) is 2. The molecule has 0 bridgehead atoms. The van der Waals surface area contributed by atoms with Gasteiger partial charge in [0.1, 0.15) is 5.76 Å². The highest BCUT2D eigenvalue weighted by Crippen LogP contribution is 2.22. The molecule has 3 amide bonds. The minimum absolute atomic E-state index is 0.0794. The topological polar surface area (TPSA) is 89.2 Å². The molecular weight excluding hydrogens is 364 g/mol. The average Bonchev–Trinajstić information content (AvgIpc) is 3.32. The van der Waals surface area contributed by atoms with Crippen LogP contribution in [0.15, 0.2) is 58.6 Å². The molecule has 0 saturated heterocycles. The van der Waals surface area contributed by atoms with Gasteiger partial charge in [-0.15, -0.1) is 0 Å². The predicted molar refractivity (Wildman–Crippen MR) is 103 cm³/mol. The Morgan fingerprint density at radius 2 is 2.07 bits per heavy atom. The normalized spacial score (nSPS) is 10.6. The third-order valence-electron chi connectivity index (χ3n) is 3.96. The van der Waals surface area contributed by atoms with Gasteiger partial charge in [0.05, 0.1) is 18.6 Å². The van der Waals surface area contributed by atoms with Crippen LogP contribution in [0.4, 0.5) is 4.79 Å². The van der Waals surface area contributed by atoms with Gasteiger partial charge in [-0.05, 0) is 49.2 Å². The Morgan fingerprint density at radius 3 is 2.81 bits per heavy atom. The highest BCUT2D eigenvalue weighted by atomic mass is 32.2. The number of benzene rings is 1. The number of carbonyl (C=O) groups is 2. The number of imidazole rings is 1. The zero-order chi connectivity index (χ0) is 19.2. The van der Waals surface area contributed by atoms with Crippen LogP contribution in [-0.4, -0.2) is 27.2 Å². The van der Waals surface area contributed by atoms with Crippen LogP contribution in [-0.2, 0) is 11.3 Å². The summed E-state index contributed by atoms with van der Waals surface area (Å²) in [5.74, 6) is 0.296. The molecule has 8 heteroatoms. The van der Waals surface area contributed by atoms with Gasteiger partial charge in [-0.3, -0.25) is 14.7 Å². The van der Waals surface area contributed by atoms with Gasteiger partial charge in [0.15, 0.2) is 5.16 Å². The van der Waals surface area contributed by atoms with E-state index in [1.807, 2.05) is 16.8 Å². The van der Waals surface area contributed by atoms with E-state index in [-0.39, 0.29) is 12.3 Å². The summed E-state index contributed by atoms with van der Waals surface area (Å²) in [7, 11) is 0. The van der Waals surface area contributed by atoms with Crippen molar-refractivity contribution < 1.29 is 14.0 Å². The molecule has 0 aliphatic rings. The molecule has 2 heterocycles. The van der Waals surface area contributed by atoms with Gasteiger partial charge in [-0.25, -0.2) is 9.78 Å². The third-order valence-corrected chi connectivity index (χ3v) is 4.93. The lowest BCUT2D eigenvalue weighted by atomic mass is 10.1. The van der Waals surface area contributed by atoms with Crippen molar-refractivity contribution in [3.05, 3.63) is 65.9 Å². The van der Waals surface area contributed by atoms with Crippen LogP contribution in [0, 0.1) is 13.8 Å². The smallest absolute Gasteiger partial charge is 0.321 e. The standard InChI is InChI=1S/C19H20N4O3S/c1-13-5-6-15(10-14(13)2)23-8-7-20-19(23)27-12-17(24)22-18(25)21-11-16-4-3-9-26-16/h3-10H,11-12H2,1-2H3,(H2,21,22,24,25). The molecule has 2 N–H and O–H groups in total. The van der Waals surface area contributed by atoms with Crippen LogP contribution in [0.1, 0.15) is 16.9 Å². The van der Waals surface area contributed by atoms with Gasteiger partial charge in [0.25, 0.3) is 0 Å². The van der Waals surface area contributed by atoms with Crippen molar-refractivity contribution in [3.8, 4) is 5.69 Å². The number of urea groups is 1. The number of carbonyl (C=O) groups excluding carboxylic acids is 2. The summed E-state index contributed by atoms with van der Waals surface area (Å²) in [6, 6.07) is 9.04. The van der Waals surface area contributed by atoms with E-state index in [2.05, 4.69) is 41.6 Å². The maximum atomic E-state index is 12.0. The van der Waals surface area contributed by atoms with E-state index in [4.69, 9.17) is 4.42 Å². The van der Waals surface area contributed by atoms with Crippen molar-refractivity contribution in [2.75, 3.05) is 5.75 Å². The van der Waals surface area contributed by atoms with Crippen LogP contribution in [0.5, 0.6) is 0 Å². The lowest BCUT2D eigenvalue weighted by Crippen LogP contribution is -2.39. The van der Waals surface area contributed by atoms with Crippen LogP contribution in [0.2, 0.25) is 0 Å². The second kappa shape index (κ2) is 8.59. The number of rotatable bonds is 6. The predicted octanol–water partition coefficient (Wildman–Crippen LogP) is 3.20. The lowest BCUT2D eigenvalue weighted by Gasteiger charge is -2.10. The number of amides is 3. The molecule has 0 unspecified atom stereocenters. The molecule has 140 valence electrons. The number of furan rings is 1. The van der Waals surface area contributed by atoms with Crippen LogP contribution in [0.25, 0.3) is 5.69 Å². The first-order valence-electron chi connectivity index (χ1n) is 8.37. The van der Waals surface area contributed by atoms with E-state index in [1.165, 1.54) is 29.2 Å². The second-order valence-corrected chi connectivity index (χ2v) is 6.89. The van der Waals surface area contributed by atoms with Crippen molar-refractivity contribution >= 4 is 23.7 Å². The maximum Gasteiger partial charge on any atom is 0.321 e. The SMILES string of the molecule is Cc1ccc(-n2ccnc2SCC(=O)NC(=O)NCc2ccco2)cc1C. The Hall–Kier alpha value is -3.00. The molecule has 0 aliphatic heterocycles. The van der Waals surface area contributed by atoms with Crippen LogP contribution < -0.4 is 10.6 Å². The summed E-state index contributed by atoms with van der Waals surface area (Å²) in [4.78, 5) is 28.1. The third kappa shape index (κ3) is 5.01. The van der Waals surface area contributed by atoms with Crippen molar-refractivity contribution in [1.29, 1.82) is 0 Å². The number of imide groups is 1. The van der Waals surface area contributed by atoms with E-state index >= 15 is 0 Å². The molecule has 27 heavy (non-hydrogen) atoms. The van der Waals surface area contributed by atoms with Crippen molar-refractivity contribution in [3.63, 3.8) is 0 Å². The Labute approximate surface area is 161 Å². The molecule has 0 aliphatic carbocycles. The summed E-state index contributed by atoms with van der Waals surface area (Å²) < 4.78 is 7.03. The minimum Gasteiger partial charge on any atom is -0.467 e. The average molecular weight is 384 g/mol. The van der Waals surface area contributed by atoms with Crippen LogP contribution >= 0.6 is 11.8 Å². The molecule has 3 aromatic rings. The first-order chi connectivity index (χ1) is 13.0. The Kier molecular flexibility index (Phi) is 5.97. The van der Waals surface area contributed by atoms with Gasteiger partial charge in [-0.1, -0.05) is 17.8 Å². The highest BCUT2D eigenvalue weighted by Gasteiger charge is 2.12. The second-order valence-electron chi connectivity index (χ2n) is 5.95. The number of hydrogen-bond acceptors (Lipinski definition) is 5. The zero-order valence-electron chi connectivity index (χ0n) is 15.1. The van der Waals surface area contributed by atoms with Crippen molar-refractivity contribution in [2.24, 2.45) is 0 Å². The molecule has 2 aromatic heterocycles. The fourth-order valence-corrected chi connectivity index (χ4v) is 3.16. The van der Waals surface area contributed by atoms with Crippen molar-refractivity contribution in [2.45, 2.75) is 25.5 Å². The minimum atomic E-state index is -0.561. The van der Waals surface area contributed by atoms with Gasteiger partial charge in [0, 0.05) is 18.1 Å². The van der Waals surface area contributed by atoms with E-state index < -0.39 is 11.9 Å². The fourth-order valence-electron chi connectivity index (χ4n) is 2.39. The molecule has 0 fully saturated rings. The molecule has 0 radical (unpaired) electrons. The Balaban J connectivity index is 1.52. The van der Waals surface area contributed by atoms with Crippen LogP contribution in [0.3, 0.4) is 0 Å². The number of nitrogens with zero attached hydrogens (tertiary/aromatic N) is 2. The molecule has 0 atom stereocenters. The molecule has 7 nitrogen and oxygen atoms in total.